The Labute approximate surface area is 157 Å². The van der Waals surface area contributed by atoms with Gasteiger partial charge >= 0.3 is 0 Å². The number of rotatable bonds is 3. The van der Waals surface area contributed by atoms with E-state index >= 15 is 0 Å². The van der Waals surface area contributed by atoms with Gasteiger partial charge in [0.1, 0.15) is 11.3 Å². The molecule has 0 radical (unpaired) electrons. The minimum atomic E-state index is -0.388. The number of nitrogens with one attached hydrogen (secondary N) is 1. The number of anilines is 1. The number of aryl methyl sites for hydroxylation is 1. The highest BCUT2D eigenvalue weighted by atomic mass is 16.3. The molecule has 0 heterocycles. The summed E-state index contributed by atoms with van der Waals surface area (Å²) in [6, 6.07) is 24.2. The van der Waals surface area contributed by atoms with Crippen LogP contribution in [0.5, 0.6) is 0 Å². The molecule has 0 aromatic heterocycles. The van der Waals surface area contributed by atoms with Crippen molar-refractivity contribution in [1.29, 1.82) is 0 Å². The Morgan fingerprint density at radius 3 is 2.19 bits per heavy atom. The van der Waals surface area contributed by atoms with Crippen LogP contribution in [-0.4, -0.2) is 16.7 Å². The maximum absolute atomic E-state index is 12.9. The summed E-state index contributed by atoms with van der Waals surface area (Å²) in [6.45, 7) is 2.01. The lowest BCUT2D eigenvalue weighted by Gasteiger charge is -2.08. The number of aliphatic hydroxyl groups excluding tert-OH is 1. The molecule has 0 saturated carbocycles. The third-order valence-corrected chi connectivity index (χ3v) is 4.44. The second-order valence-electron chi connectivity index (χ2n) is 6.39. The molecule has 1 aliphatic rings. The van der Waals surface area contributed by atoms with E-state index in [1.165, 1.54) is 0 Å². The molecule has 0 bridgehead atoms. The van der Waals surface area contributed by atoms with Gasteiger partial charge in [-0.15, -0.1) is 0 Å². The Hall–Kier alpha value is -3.66. The fourth-order valence-electron chi connectivity index (χ4n) is 3.07. The molecule has 3 aromatic rings. The molecule has 0 fully saturated rings. The molecule has 2 N–H and O–H groups in total. The molecule has 0 aliphatic heterocycles. The SMILES string of the molecule is Cc1ccc(N=C2C(C(=O)Nc3ccccc3)=C(O)c3ccccc32)cc1. The number of carbonyl (C=O) groups excluding carboxylic acids is 1. The summed E-state index contributed by atoms with van der Waals surface area (Å²) in [5.74, 6) is -0.439. The highest BCUT2D eigenvalue weighted by molar-refractivity contribution is 6.38. The number of aliphatic hydroxyl groups is 1. The molecule has 0 atom stereocenters. The van der Waals surface area contributed by atoms with E-state index in [-0.39, 0.29) is 17.2 Å². The number of hydrogen-bond donors (Lipinski definition) is 2. The Bertz CT molecular complexity index is 1070. The molecule has 4 heteroatoms. The van der Waals surface area contributed by atoms with E-state index in [2.05, 4.69) is 10.3 Å². The second-order valence-corrected chi connectivity index (χ2v) is 6.39. The topological polar surface area (TPSA) is 61.7 Å². The van der Waals surface area contributed by atoms with Gasteiger partial charge in [-0.2, -0.15) is 0 Å². The van der Waals surface area contributed by atoms with Gasteiger partial charge in [-0.3, -0.25) is 4.79 Å². The minimum absolute atomic E-state index is 0.0510. The summed E-state index contributed by atoms with van der Waals surface area (Å²) in [4.78, 5) is 17.6. The van der Waals surface area contributed by atoms with Crippen LogP contribution in [0.3, 0.4) is 0 Å². The average molecular weight is 354 g/mol. The number of amides is 1. The van der Waals surface area contributed by atoms with E-state index in [1.54, 1.807) is 18.2 Å². The van der Waals surface area contributed by atoms with Crippen molar-refractivity contribution in [1.82, 2.24) is 0 Å². The first-order valence-electron chi connectivity index (χ1n) is 8.68. The van der Waals surface area contributed by atoms with Gasteiger partial charge in [0.15, 0.2) is 0 Å². The lowest BCUT2D eigenvalue weighted by atomic mass is 10.1. The summed E-state index contributed by atoms with van der Waals surface area (Å²) in [6.07, 6.45) is 0. The lowest BCUT2D eigenvalue weighted by molar-refractivity contribution is -0.112. The molecule has 1 amide bonds. The fourth-order valence-corrected chi connectivity index (χ4v) is 3.07. The van der Waals surface area contributed by atoms with E-state index in [1.807, 2.05) is 67.6 Å². The molecule has 1 aliphatic carbocycles. The number of benzene rings is 3. The molecule has 0 unspecified atom stereocenters. The van der Waals surface area contributed by atoms with Crippen LogP contribution in [0, 0.1) is 6.92 Å². The molecule has 0 spiro atoms. The van der Waals surface area contributed by atoms with Crippen LogP contribution < -0.4 is 5.32 Å². The molecular weight excluding hydrogens is 336 g/mol. The standard InChI is InChI=1S/C23H18N2O2/c1-15-11-13-17(14-12-15)24-21-18-9-5-6-10-19(18)22(26)20(21)23(27)25-16-7-3-2-4-8-16/h2-14,26H,1H3,(H,25,27). The van der Waals surface area contributed by atoms with Crippen molar-refractivity contribution in [2.45, 2.75) is 6.92 Å². The number of carbonyl (C=O) groups is 1. The molecule has 3 aromatic carbocycles. The maximum atomic E-state index is 12.9. The van der Waals surface area contributed by atoms with Gasteiger partial charge in [-0.1, -0.05) is 60.2 Å². The van der Waals surface area contributed by atoms with E-state index < -0.39 is 0 Å². The van der Waals surface area contributed by atoms with Gasteiger partial charge in [0.2, 0.25) is 0 Å². The Balaban J connectivity index is 1.79. The monoisotopic (exact) mass is 354 g/mol. The Kier molecular flexibility index (Phi) is 4.30. The van der Waals surface area contributed by atoms with Gasteiger partial charge < -0.3 is 10.4 Å². The number of para-hydroxylation sites is 1. The summed E-state index contributed by atoms with van der Waals surface area (Å²) in [5, 5.41) is 13.6. The zero-order valence-electron chi connectivity index (χ0n) is 14.8. The molecule has 4 nitrogen and oxygen atoms in total. The van der Waals surface area contributed by atoms with E-state index in [4.69, 9.17) is 0 Å². The van der Waals surface area contributed by atoms with Crippen LogP contribution in [0.15, 0.2) is 89.4 Å². The zero-order valence-corrected chi connectivity index (χ0v) is 14.8. The molecule has 132 valence electrons. The normalized spacial score (nSPS) is 14.3. The average Bonchev–Trinajstić information content (AvgIpc) is 2.97. The summed E-state index contributed by atoms with van der Waals surface area (Å²) >= 11 is 0. The minimum Gasteiger partial charge on any atom is -0.506 e. The number of nitrogens with zero attached hydrogens (tertiary/aromatic N) is 1. The summed E-state index contributed by atoms with van der Waals surface area (Å²) in [7, 11) is 0. The second kappa shape index (κ2) is 6.92. The quantitative estimate of drug-likeness (QED) is 0.692. The first-order chi connectivity index (χ1) is 13.1. The van der Waals surface area contributed by atoms with Crippen LogP contribution in [0.1, 0.15) is 16.7 Å². The third-order valence-electron chi connectivity index (χ3n) is 4.44. The predicted molar refractivity (Wildman–Crippen MR) is 108 cm³/mol. The number of aliphatic imine (C=N–C) groups is 1. The molecule has 0 saturated heterocycles. The first kappa shape index (κ1) is 16.8. The largest absolute Gasteiger partial charge is 0.506 e. The Morgan fingerprint density at radius 2 is 1.48 bits per heavy atom. The van der Waals surface area contributed by atoms with Crippen molar-refractivity contribution in [3.05, 3.63) is 101 Å². The molecule has 27 heavy (non-hydrogen) atoms. The summed E-state index contributed by atoms with van der Waals surface area (Å²) in [5.41, 5.74) is 4.53. The third kappa shape index (κ3) is 3.25. The highest BCUT2D eigenvalue weighted by Crippen LogP contribution is 2.33. The lowest BCUT2D eigenvalue weighted by Crippen LogP contribution is -2.19. The molecule has 4 rings (SSSR count). The number of fused-ring (bicyclic) bond motifs is 1. The van der Waals surface area contributed by atoms with Crippen LogP contribution in [0.25, 0.3) is 5.76 Å². The van der Waals surface area contributed by atoms with Crippen LogP contribution in [0.2, 0.25) is 0 Å². The van der Waals surface area contributed by atoms with E-state index in [9.17, 15) is 9.90 Å². The summed E-state index contributed by atoms with van der Waals surface area (Å²) < 4.78 is 0. The van der Waals surface area contributed by atoms with Gasteiger partial charge in [-0.25, -0.2) is 4.99 Å². The van der Waals surface area contributed by atoms with Crippen LogP contribution in [-0.2, 0) is 4.79 Å². The van der Waals surface area contributed by atoms with E-state index in [0.29, 0.717) is 17.0 Å². The van der Waals surface area contributed by atoms with E-state index in [0.717, 1.165) is 16.8 Å². The fraction of sp³-hybridized carbons (Fsp3) is 0.0435. The Morgan fingerprint density at radius 1 is 0.852 bits per heavy atom. The zero-order chi connectivity index (χ0) is 18.8. The van der Waals surface area contributed by atoms with Gasteiger partial charge in [-0.05, 0) is 31.2 Å². The van der Waals surface area contributed by atoms with Gasteiger partial charge in [0, 0.05) is 16.8 Å². The van der Waals surface area contributed by atoms with Crippen molar-refractivity contribution in [2.24, 2.45) is 4.99 Å². The van der Waals surface area contributed by atoms with Crippen molar-refractivity contribution >= 4 is 28.8 Å². The highest BCUT2D eigenvalue weighted by Gasteiger charge is 2.32. The van der Waals surface area contributed by atoms with Crippen LogP contribution in [0.4, 0.5) is 11.4 Å². The van der Waals surface area contributed by atoms with Crippen molar-refractivity contribution in [2.75, 3.05) is 5.32 Å². The van der Waals surface area contributed by atoms with Gasteiger partial charge in [0.25, 0.3) is 5.91 Å². The number of hydrogen-bond acceptors (Lipinski definition) is 3. The van der Waals surface area contributed by atoms with Crippen molar-refractivity contribution < 1.29 is 9.90 Å². The smallest absolute Gasteiger partial charge is 0.261 e. The molecular formula is C23H18N2O2. The predicted octanol–water partition coefficient (Wildman–Crippen LogP) is 5.04. The first-order valence-corrected chi connectivity index (χ1v) is 8.68. The van der Waals surface area contributed by atoms with Crippen molar-refractivity contribution in [3.8, 4) is 0 Å². The van der Waals surface area contributed by atoms with Crippen LogP contribution >= 0.6 is 0 Å². The maximum Gasteiger partial charge on any atom is 0.261 e. The van der Waals surface area contributed by atoms with Gasteiger partial charge in [0.05, 0.1) is 11.4 Å². The van der Waals surface area contributed by atoms with Crippen molar-refractivity contribution in [3.63, 3.8) is 0 Å².